The maximum atomic E-state index is 11.8. The van der Waals surface area contributed by atoms with Gasteiger partial charge in [-0.25, -0.2) is 0 Å². The summed E-state index contributed by atoms with van der Waals surface area (Å²) in [6.45, 7) is 5.38. The van der Waals surface area contributed by atoms with E-state index in [0.717, 1.165) is 0 Å². The van der Waals surface area contributed by atoms with Crippen LogP contribution in [-0.2, 0) is 9.59 Å². The maximum Gasteiger partial charge on any atom is 0.471 e. The van der Waals surface area contributed by atoms with Crippen LogP contribution in [0.2, 0.25) is 0 Å². The second-order valence-corrected chi connectivity index (χ2v) is 4.74. The molecule has 0 aromatic carbocycles. The summed E-state index contributed by atoms with van der Waals surface area (Å²) in [5, 5.41) is 4.00. The minimum Gasteiger partial charge on any atom is -0.351 e. The molecule has 2 N–H and O–H groups in total. The Bertz CT molecular complexity index is 330. The Morgan fingerprint density at radius 2 is 1.56 bits per heavy atom. The number of hydrogen-bond acceptors (Lipinski definition) is 2. The minimum absolute atomic E-state index is 0.0604. The number of nitrogens with one attached hydrogen (secondary N) is 2. The molecule has 0 fully saturated rings. The molecule has 0 heterocycles. The van der Waals surface area contributed by atoms with Crippen LogP contribution in [0.4, 0.5) is 13.2 Å². The van der Waals surface area contributed by atoms with E-state index in [1.807, 2.05) is 20.8 Å². The predicted molar refractivity (Wildman–Crippen MR) is 60.7 cm³/mol. The van der Waals surface area contributed by atoms with Crippen LogP contribution in [0.5, 0.6) is 0 Å². The highest BCUT2D eigenvalue weighted by atomic mass is 19.4. The molecule has 0 spiro atoms. The Labute approximate surface area is 104 Å². The molecule has 0 aromatic heterocycles. The number of allylic oxidation sites excluding steroid dienone is 1. The van der Waals surface area contributed by atoms with Crippen molar-refractivity contribution in [2.45, 2.75) is 26.9 Å². The topological polar surface area (TPSA) is 58.2 Å². The summed E-state index contributed by atoms with van der Waals surface area (Å²) in [7, 11) is 0. The Morgan fingerprint density at radius 1 is 1.06 bits per heavy atom. The van der Waals surface area contributed by atoms with Gasteiger partial charge in [0.1, 0.15) is 0 Å². The van der Waals surface area contributed by atoms with Crippen molar-refractivity contribution in [3.05, 3.63) is 12.2 Å². The summed E-state index contributed by atoms with van der Waals surface area (Å²) in [4.78, 5) is 21.6. The molecular weight excluding hydrogens is 249 g/mol. The molecule has 0 bridgehead atoms. The van der Waals surface area contributed by atoms with Gasteiger partial charge in [0.2, 0.25) is 5.91 Å². The van der Waals surface area contributed by atoms with Gasteiger partial charge in [-0.05, 0) is 11.5 Å². The fourth-order valence-electron chi connectivity index (χ4n) is 0.847. The fourth-order valence-corrected chi connectivity index (χ4v) is 0.847. The normalized spacial score (nSPS) is 12.6. The second kappa shape index (κ2) is 6.42. The third kappa shape index (κ3) is 8.60. The van der Waals surface area contributed by atoms with E-state index in [0.29, 0.717) is 0 Å². The van der Waals surface area contributed by atoms with E-state index in [9.17, 15) is 22.8 Å². The number of halogens is 3. The Balaban J connectivity index is 3.84. The number of rotatable bonds is 4. The summed E-state index contributed by atoms with van der Waals surface area (Å²) in [6.07, 6.45) is -1.90. The van der Waals surface area contributed by atoms with Gasteiger partial charge in [0.15, 0.2) is 0 Å². The fraction of sp³-hybridized carbons (Fsp3) is 0.636. The van der Waals surface area contributed by atoms with E-state index in [-0.39, 0.29) is 18.5 Å². The molecule has 0 aliphatic carbocycles. The summed E-state index contributed by atoms with van der Waals surface area (Å²) in [6, 6.07) is 0. The molecular formula is C11H17F3N2O2. The molecule has 0 rings (SSSR count). The number of alkyl halides is 3. The Kier molecular flexibility index (Phi) is 5.87. The van der Waals surface area contributed by atoms with Crippen molar-refractivity contribution in [2.75, 3.05) is 13.1 Å². The molecule has 0 unspecified atom stereocenters. The third-order valence-corrected chi connectivity index (χ3v) is 1.70. The van der Waals surface area contributed by atoms with Crippen molar-refractivity contribution < 1.29 is 22.8 Å². The van der Waals surface area contributed by atoms with E-state index in [1.54, 1.807) is 11.4 Å². The zero-order valence-electron chi connectivity index (χ0n) is 10.5. The molecule has 0 aromatic rings. The number of carbonyl (C=O) groups is 2. The zero-order chi connectivity index (χ0) is 14.4. The van der Waals surface area contributed by atoms with Gasteiger partial charge in [-0.1, -0.05) is 26.8 Å². The lowest BCUT2D eigenvalue weighted by Crippen LogP contribution is -2.40. The van der Waals surface area contributed by atoms with Gasteiger partial charge in [-0.2, -0.15) is 13.2 Å². The number of carbonyl (C=O) groups excluding carboxylic acids is 2. The first-order valence-electron chi connectivity index (χ1n) is 5.34. The molecule has 0 aliphatic rings. The lowest BCUT2D eigenvalue weighted by Gasteiger charge is -2.11. The van der Waals surface area contributed by atoms with Crippen molar-refractivity contribution in [2.24, 2.45) is 5.41 Å². The summed E-state index contributed by atoms with van der Waals surface area (Å²) in [5.74, 6) is -2.42. The monoisotopic (exact) mass is 266 g/mol. The van der Waals surface area contributed by atoms with Gasteiger partial charge in [0, 0.05) is 13.1 Å². The van der Waals surface area contributed by atoms with Crippen LogP contribution in [0.15, 0.2) is 12.2 Å². The van der Waals surface area contributed by atoms with E-state index in [2.05, 4.69) is 5.32 Å². The van der Waals surface area contributed by atoms with Gasteiger partial charge in [0.25, 0.3) is 0 Å². The average Bonchev–Trinajstić information content (AvgIpc) is 2.18. The highest BCUT2D eigenvalue weighted by molar-refractivity contribution is 5.87. The van der Waals surface area contributed by atoms with Crippen LogP contribution in [0, 0.1) is 5.41 Å². The van der Waals surface area contributed by atoms with Crippen molar-refractivity contribution in [3.8, 4) is 0 Å². The van der Waals surface area contributed by atoms with Gasteiger partial charge in [-0.15, -0.1) is 0 Å². The van der Waals surface area contributed by atoms with Crippen LogP contribution in [0.1, 0.15) is 20.8 Å². The molecule has 0 saturated heterocycles. The highest BCUT2D eigenvalue weighted by Crippen LogP contribution is 2.14. The Hall–Kier alpha value is -1.53. The quantitative estimate of drug-likeness (QED) is 0.596. The Morgan fingerprint density at radius 3 is 2.00 bits per heavy atom. The van der Waals surface area contributed by atoms with Crippen molar-refractivity contribution in [1.29, 1.82) is 0 Å². The van der Waals surface area contributed by atoms with E-state index >= 15 is 0 Å². The van der Waals surface area contributed by atoms with Gasteiger partial charge in [-0.3, -0.25) is 9.59 Å². The molecule has 4 nitrogen and oxygen atoms in total. The number of amides is 2. The molecule has 18 heavy (non-hydrogen) atoms. The first-order chi connectivity index (χ1) is 8.02. The average molecular weight is 266 g/mol. The molecule has 0 saturated carbocycles. The maximum absolute atomic E-state index is 11.8. The van der Waals surface area contributed by atoms with Crippen LogP contribution in [0.25, 0.3) is 0 Å². The van der Waals surface area contributed by atoms with Crippen LogP contribution >= 0.6 is 0 Å². The lowest BCUT2D eigenvalue weighted by atomic mass is 9.96. The van der Waals surface area contributed by atoms with Crippen molar-refractivity contribution in [3.63, 3.8) is 0 Å². The smallest absolute Gasteiger partial charge is 0.351 e. The molecule has 0 atom stereocenters. The van der Waals surface area contributed by atoms with Crippen LogP contribution in [0.3, 0.4) is 0 Å². The standard InChI is InChI=1S/C11H17F3N2O2/c1-10(2,3)5-4-8(17)15-6-7-16-9(18)11(12,13)14/h4-5H,6-7H2,1-3H3,(H,15,17)(H,16,18)/b5-4+. The summed E-state index contributed by atoms with van der Waals surface area (Å²) < 4.78 is 35.3. The molecule has 0 aliphatic heterocycles. The van der Waals surface area contributed by atoms with Crippen LogP contribution < -0.4 is 10.6 Å². The highest BCUT2D eigenvalue weighted by Gasteiger charge is 2.38. The largest absolute Gasteiger partial charge is 0.471 e. The van der Waals surface area contributed by atoms with Crippen molar-refractivity contribution >= 4 is 11.8 Å². The number of hydrogen-bond donors (Lipinski definition) is 2. The SMILES string of the molecule is CC(C)(C)/C=C/C(=O)NCCNC(=O)C(F)(F)F. The predicted octanol–water partition coefficient (Wildman–Crippen LogP) is 1.38. The van der Waals surface area contributed by atoms with Gasteiger partial charge in [0.05, 0.1) is 0 Å². The molecule has 0 radical (unpaired) electrons. The second-order valence-electron chi connectivity index (χ2n) is 4.74. The van der Waals surface area contributed by atoms with Crippen LogP contribution in [-0.4, -0.2) is 31.1 Å². The molecule has 2 amide bonds. The van der Waals surface area contributed by atoms with E-state index in [1.165, 1.54) is 6.08 Å². The first kappa shape index (κ1) is 16.5. The summed E-state index contributed by atoms with van der Waals surface area (Å²) in [5.41, 5.74) is -0.151. The third-order valence-electron chi connectivity index (χ3n) is 1.70. The van der Waals surface area contributed by atoms with E-state index in [4.69, 9.17) is 0 Å². The van der Waals surface area contributed by atoms with Crippen molar-refractivity contribution in [1.82, 2.24) is 10.6 Å². The van der Waals surface area contributed by atoms with E-state index < -0.39 is 18.0 Å². The lowest BCUT2D eigenvalue weighted by molar-refractivity contribution is -0.173. The zero-order valence-corrected chi connectivity index (χ0v) is 10.5. The van der Waals surface area contributed by atoms with Gasteiger partial charge < -0.3 is 10.6 Å². The first-order valence-corrected chi connectivity index (χ1v) is 5.34. The van der Waals surface area contributed by atoms with Gasteiger partial charge >= 0.3 is 12.1 Å². The molecule has 7 heteroatoms. The molecule has 104 valence electrons. The minimum atomic E-state index is -4.89. The summed E-state index contributed by atoms with van der Waals surface area (Å²) >= 11 is 0.